The molecule has 0 aliphatic carbocycles. The van der Waals surface area contributed by atoms with E-state index in [2.05, 4.69) is 10.2 Å². The molecule has 2 aromatic rings. The molecule has 0 aliphatic rings. The fraction of sp³-hybridized carbons (Fsp3) is 0.250. The molecule has 0 fully saturated rings. The second-order valence-electron chi connectivity index (χ2n) is 3.35. The summed E-state index contributed by atoms with van der Waals surface area (Å²) in [5, 5.41) is 8.09. The van der Waals surface area contributed by atoms with Gasteiger partial charge in [0.1, 0.15) is 12.0 Å². The number of thioether (sulfide) groups is 1. The number of aromatic nitrogens is 2. The van der Waals surface area contributed by atoms with E-state index >= 15 is 0 Å². The molecule has 0 amide bonds. The Morgan fingerprint density at radius 2 is 2.11 bits per heavy atom. The van der Waals surface area contributed by atoms with Gasteiger partial charge < -0.3 is 13.9 Å². The lowest BCUT2D eigenvalue weighted by atomic mass is 10.3. The van der Waals surface area contributed by atoms with Crippen molar-refractivity contribution in [2.75, 3.05) is 12.4 Å². The number of carbonyl (C=O) groups is 1. The fourth-order valence-corrected chi connectivity index (χ4v) is 1.74. The van der Waals surface area contributed by atoms with Gasteiger partial charge in [-0.2, -0.15) is 0 Å². The Hall–Kier alpha value is -1.82. The van der Waals surface area contributed by atoms with Gasteiger partial charge in [-0.15, -0.1) is 10.2 Å². The van der Waals surface area contributed by atoms with Crippen LogP contribution in [0.4, 0.5) is 0 Å². The highest BCUT2D eigenvalue weighted by Crippen LogP contribution is 2.15. The van der Waals surface area contributed by atoms with Crippen molar-refractivity contribution in [2.24, 2.45) is 0 Å². The van der Waals surface area contributed by atoms with Crippen LogP contribution in [0.5, 0.6) is 5.75 Å². The molecule has 0 atom stereocenters. The molecule has 94 valence electrons. The minimum Gasteiger partial charge on any atom is -0.493 e. The molecule has 0 N–H and O–H groups in total. The zero-order valence-corrected chi connectivity index (χ0v) is 10.4. The van der Waals surface area contributed by atoms with E-state index < -0.39 is 0 Å². The molecular formula is C12H12N2O3S. The third-order valence-electron chi connectivity index (χ3n) is 2.05. The molecule has 0 saturated carbocycles. The van der Waals surface area contributed by atoms with Crippen LogP contribution in [0.1, 0.15) is 5.89 Å². The molecule has 18 heavy (non-hydrogen) atoms. The van der Waals surface area contributed by atoms with Crippen molar-refractivity contribution in [1.82, 2.24) is 10.2 Å². The number of hydrogen-bond donors (Lipinski definition) is 0. The van der Waals surface area contributed by atoms with Crippen LogP contribution in [0, 0.1) is 0 Å². The van der Waals surface area contributed by atoms with Crippen LogP contribution in [0.3, 0.4) is 0 Å². The zero-order valence-electron chi connectivity index (χ0n) is 9.61. The van der Waals surface area contributed by atoms with Crippen molar-refractivity contribution in [1.29, 1.82) is 0 Å². The molecule has 0 aliphatic heterocycles. The van der Waals surface area contributed by atoms with Gasteiger partial charge in [0.2, 0.25) is 5.89 Å². The SMILES string of the molecule is O=CCSc1nnc(CCOc2ccccc2)o1. The highest BCUT2D eigenvalue weighted by molar-refractivity contribution is 7.99. The molecule has 2 rings (SSSR count). The first-order chi connectivity index (χ1) is 8.88. The van der Waals surface area contributed by atoms with Crippen LogP contribution in [0.2, 0.25) is 0 Å². The summed E-state index contributed by atoms with van der Waals surface area (Å²) in [6.45, 7) is 0.476. The maximum atomic E-state index is 10.2. The van der Waals surface area contributed by atoms with Gasteiger partial charge in [0.15, 0.2) is 0 Å². The molecule has 6 heteroatoms. The number of rotatable bonds is 7. The van der Waals surface area contributed by atoms with E-state index in [9.17, 15) is 4.79 Å². The molecule has 0 bridgehead atoms. The third-order valence-corrected chi connectivity index (χ3v) is 2.77. The van der Waals surface area contributed by atoms with Gasteiger partial charge in [-0.3, -0.25) is 0 Å². The molecule has 0 unspecified atom stereocenters. The monoisotopic (exact) mass is 264 g/mol. The van der Waals surface area contributed by atoms with Gasteiger partial charge in [-0.05, 0) is 12.1 Å². The highest BCUT2D eigenvalue weighted by atomic mass is 32.2. The minimum absolute atomic E-state index is 0.322. The van der Waals surface area contributed by atoms with Crippen molar-refractivity contribution in [3.63, 3.8) is 0 Å². The van der Waals surface area contributed by atoms with Gasteiger partial charge in [-0.1, -0.05) is 30.0 Å². The number of hydrogen-bond acceptors (Lipinski definition) is 6. The number of carbonyl (C=O) groups excluding carboxylic acids is 1. The lowest BCUT2D eigenvalue weighted by Gasteiger charge is -2.02. The average molecular weight is 264 g/mol. The van der Waals surface area contributed by atoms with Crippen LogP contribution in [0.15, 0.2) is 40.0 Å². The Balaban J connectivity index is 1.76. The largest absolute Gasteiger partial charge is 0.493 e. The molecule has 1 aromatic heterocycles. The number of benzene rings is 1. The Bertz CT molecular complexity index is 487. The lowest BCUT2D eigenvalue weighted by Crippen LogP contribution is -2.01. The van der Waals surface area contributed by atoms with E-state index in [1.807, 2.05) is 30.3 Å². The smallest absolute Gasteiger partial charge is 0.276 e. The van der Waals surface area contributed by atoms with Crippen molar-refractivity contribution in [2.45, 2.75) is 11.6 Å². The van der Waals surface area contributed by atoms with Gasteiger partial charge in [0, 0.05) is 0 Å². The maximum absolute atomic E-state index is 10.2. The van der Waals surface area contributed by atoms with E-state index in [1.54, 1.807) is 0 Å². The lowest BCUT2D eigenvalue weighted by molar-refractivity contribution is -0.105. The number of para-hydroxylation sites is 1. The first kappa shape index (κ1) is 12.6. The summed E-state index contributed by atoms with van der Waals surface area (Å²) < 4.78 is 10.8. The van der Waals surface area contributed by atoms with Crippen molar-refractivity contribution in [3.8, 4) is 5.75 Å². The molecule has 0 spiro atoms. The first-order valence-electron chi connectivity index (χ1n) is 5.45. The first-order valence-corrected chi connectivity index (χ1v) is 6.43. The van der Waals surface area contributed by atoms with E-state index in [1.165, 1.54) is 11.8 Å². The Kier molecular flexibility index (Phi) is 4.78. The standard InChI is InChI=1S/C12H12N2O3S/c15-7-9-18-12-14-13-11(17-12)6-8-16-10-4-2-1-3-5-10/h1-5,7H,6,8-9H2. The Morgan fingerprint density at radius 1 is 1.28 bits per heavy atom. The van der Waals surface area contributed by atoms with Crippen molar-refractivity contribution in [3.05, 3.63) is 36.2 Å². The molecular weight excluding hydrogens is 252 g/mol. The van der Waals surface area contributed by atoms with Gasteiger partial charge >= 0.3 is 0 Å². The second-order valence-corrected chi connectivity index (χ2v) is 4.32. The third kappa shape index (κ3) is 3.89. The van der Waals surface area contributed by atoms with E-state index in [0.29, 0.717) is 29.9 Å². The summed E-state index contributed by atoms with van der Waals surface area (Å²) in [6.07, 6.45) is 1.34. The van der Waals surface area contributed by atoms with Crippen molar-refractivity contribution < 1.29 is 13.9 Å². The van der Waals surface area contributed by atoms with Gasteiger partial charge in [-0.25, -0.2) is 0 Å². The quantitative estimate of drug-likeness (QED) is 0.563. The Labute approximate surface area is 109 Å². The molecule has 1 heterocycles. The van der Waals surface area contributed by atoms with E-state index in [4.69, 9.17) is 9.15 Å². The topological polar surface area (TPSA) is 65.2 Å². The molecule has 5 nitrogen and oxygen atoms in total. The van der Waals surface area contributed by atoms with Crippen LogP contribution < -0.4 is 4.74 Å². The van der Waals surface area contributed by atoms with Gasteiger partial charge in [0.05, 0.1) is 18.8 Å². The normalized spacial score (nSPS) is 10.2. The summed E-state index contributed by atoms with van der Waals surface area (Å²) in [5.41, 5.74) is 0. The average Bonchev–Trinajstić information content (AvgIpc) is 2.85. The van der Waals surface area contributed by atoms with Crippen LogP contribution >= 0.6 is 11.8 Å². The van der Waals surface area contributed by atoms with Gasteiger partial charge in [0.25, 0.3) is 5.22 Å². The van der Waals surface area contributed by atoms with Crippen LogP contribution in [-0.2, 0) is 11.2 Å². The predicted octanol–water partition coefficient (Wildman–Crippen LogP) is 1.98. The summed E-state index contributed by atoms with van der Waals surface area (Å²) in [4.78, 5) is 10.2. The summed E-state index contributed by atoms with van der Waals surface area (Å²) in [7, 11) is 0. The van der Waals surface area contributed by atoms with Crippen LogP contribution in [-0.4, -0.2) is 28.8 Å². The van der Waals surface area contributed by atoms with E-state index in [-0.39, 0.29) is 0 Å². The van der Waals surface area contributed by atoms with E-state index in [0.717, 1.165) is 12.0 Å². The summed E-state index contributed by atoms with van der Waals surface area (Å²) in [6, 6.07) is 9.53. The Morgan fingerprint density at radius 3 is 2.89 bits per heavy atom. The number of aldehydes is 1. The zero-order chi connectivity index (χ0) is 12.6. The summed E-state index contributed by atoms with van der Waals surface area (Å²) >= 11 is 1.22. The number of nitrogens with zero attached hydrogens (tertiary/aromatic N) is 2. The second kappa shape index (κ2) is 6.80. The van der Waals surface area contributed by atoms with Crippen molar-refractivity contribution >= 4 is 18.0 Å². The minimum atomic E-state index is 0.322. The van der Waals surface area contributed by atoms with Crippen LogP contribution in [0.25, 0.3) is 0 Å². The highest BCUT2D eigenvalue weighted by Gasteiger charge is 2.06. The summed E-state index contributed by atoms with van der Waals surface area (Å²) in [5.74, 6) is 1.65. The predicted molar refractivity (Wildman–Crippen MR) is 66.7 cm³/mol. The number of ether oxygens (including phenoxy) is 1. The fourth-order valence-electron chi connectivity index (χ4n) is 1.28. The molecule has 1 aromatic carbocycles. The molecule has 0 saturated heterocycles. The maximum Gasteiger partial charge on any atom is 0.276 e. The molecule has 0 radical (unpaired) electrons.